The lowest BCUT2D eigenvalue weighted by atomic mass is 10.2. The summed E-state index contributed by atoms with van der Waals surface area (Å²) in [6.45, 7) is 0.0506. The second-order valence-electron chi connectivity index (χ2n) is 2.10. The maximum atomic E-state index is 11.7. The van der Waals surface area contributed by atoms with Gasteiger partial charge in [-0.2, -0.15) is 0 Å². The van der Waals surface area contributed by atoms with Crippen LogP contribution < -0.4 is 0 Å². The van der Waals surface area contributed by atoms with Crippen LogP contribution in [-0.4, -0.2) is 30.3 Å². The molecule has 0 saturated carbocycles. The Morgan fingerprint density at radius 1 is 1.56 bits per heavy atom. The molecular weight excluding hydrogens is 130 g/mol. The SMILES string of the molecule is OC1COC(C(F)F)C1. The van der Waals surface area contributed by atoms with Crippen LogP contribution in [0.15, 0.2) is 0 Å². The van der Waals surface area contributed by atoms with Gasteiger partial charge in [-0.3, -0.25) is 0 Å². The molecule has 1 aliphatic heterocycles. The molecule has 4 heteroatoms. The Morgan fingerprint density at radius 2 is 2.22 bits per heavy atom. The molecule has 1 N–H and O–H groups in total. The predicted molar refractivity (Wildman–Crippen MR) is 26.4 cm³/mol. The van der Waals surface area contributed by atoms with Crippen LogP contribution >= 0.6 is 0 Å². The molecule has 2 unspecified atom stereocenters. The molecule has 0 bridgehead atoms. The Morgan fingerprint density at radius 3 is 2.44 bits per heavy atom. The van der Waals surface area contributed by atoms with E-state index in [0.29, 0.717) is 0 Å². The van der Waals surface area contributed by atoms with E-state index in [2.05, 4.69) is 4.74 Å². The quantitative estimate of drug-likeness (QED) is 0.568. The summed E-state index contributed by atoms with van der Waals surface area (Å²) < 4.78 is 27.9. The number of aliphatic hydroxyl groups excluding tert-OH is 1. The van der Waals surface area contributed by atoms with Crippen molar-refractivity contribution in [2.45, 2.75) is 25.1 Å². The van der Waals surface area contributed by atoms with Gasteiger partial charge in [0, 0.05) is 6.42 Å². The van der Waals surface area contributed by atoms with Crippen LogP contribution in [0.3, 0.4) is 0 Å². The third-order valence-corrected chi connectivity index (χ3v) is 1.29. The van der Waals surface area contributed by atoms with E-state index in [4.69, 9.17) is 5.11 Å². The highest BCUT2D eigenvalue weighted by Gasteiger charge is 2.30. The van der Waals surface area contributed by atoms with Crippen LogP contribution in [0.2, 0.25) is 0 Å². The molecule has 0 radical (unpaired) electrons. The van der Waals surface area contributed by atoms with Gasteiger partial charge in [0.1, 0.15) is 6.10 Å². The van der Waals surface area contributed by atoms with Gasteiger partial charge >= 0.3 is 0 Å². The average Bonchev–Trinajstić information content (AvgIpc) is 2.14. The summed E-state index contributed by atoms with van der Waals surface area (Å²) in [5, 5.41) is 8.69. The Labute approximate surface area is 51.4 Å². The van der Waals surface area contributed by atoms with Gasteiger partial charge in [0.25, 0.3) is 6.43 Å². The van der Waals surface area contributed by atoms with Crippen molar-refractivity contribution in [1.82, 2.24) is 0 Å². The molecule has 1 saturated heterocycles. The number of alkyl halides is 2. The molecule has 0 spiro atoms. The van der Waals surface area contributed by atoms with Crippen molar-refractivity contribution in [3.05, 3.63) is 0 Å². The van der Waals surface area contributed by atoms with Crippen LogP contribution in [-0.2, 0) is 4.74 Å². The normalized spacial score (nSPS) is 36.0. The fraction of sp³-hybridized carbons (Fsp3) is 1.00. The molecule has 1 heterocycles. The smallest absolute Gasteiger partial charge is 0.264 e. The summed E-state index contributed by atoms with van der Waals surface area (Å²) in [5.74, 6) is 0. The monoisotopic (exact) mass is 138 g/mol. The topological polar surface area (TPSA) is 29.5 Å². The van der Waals surface area contributed by atoms with Gasteiger partial charge in [0.05, 0.1) is 12.7 Å². The number of rotatable bonds is 1. The van der Waals surface area contributed by atoms with Crippen molar-refractivity contribution >= 4 is 0 Å². The minimum absolute atomic E-state index is 0.0506. The first kappa shape index (κ1) is 6.89. The zero-order valence-corrected chi connectivity index (χ0v) is 4.76. The predicted octanol–water partition coefficient (Wildman–Crippen LogP) is 0.401. The zero-order valence-electron chi connectivity index (χ0n) is 4.76. The van der Waals surface area contributed by atoms with Gasteiger partial charge in [-0.05, 0) is 0 Å². The van der Waals surface area contributed by atoms with Crippen LogP contribution in [0.5, 0.6) is 0 Å². The molecule has 54 valence electrons. The van der Waals surface area contributed by atoms with Crippen molar-refractivity contribution in [2.75, 3.05) is 6.61 Å². The van der Waals surface area contributed by atoms with Gasteiger partial charge < -0.3 is 9.84 Å². The molecule has 0 aromatic rings. The number of ether oxygens (including phenoxy) is 1. The Hall–Kier alpha value is -0.220. The third kappa shape index (κ3) is 1.59. The van der Waals surface area contributed by atoms with Gasteiger partial charge in [0.2, 0.25) is 0 Å². The van der Waals surface area contributed by atoms with E-state index in [9.17, 15) is 8.78 Å². The highest BCUT2D eigenvalue weighted by Crippen LogP contribution is 2.18. The zero-order chi connectivity index (χ0) is 6.85. The van der Waals surface area contributed by atoms with Crippen LogP contribution in [0, 0.1) is 0 Å². The Kier molecular flexibility index (Phi) is 1.97. The molecule has 1 aliphatic rings. The lowest BCUT2D eigenvalue weighted by Gasteiger charge is -2.04. The molecule has 2 atom stereocenters. The molecule has 1 fully saturated rings. The number of hydrogen-bond acceptors (Lipinski definition) is 2. The first-order valence-corrected chi connectivity index (χ1v) is 2.78. The molecule has 0 aromatic carbocycles. The summed E-state index contributed by atoms with van der Waals surface area (Å²) in [6.07, 6.45) is -4.12. The summed E-state index contributed by atoms with van der Waals surface area (Å²) in [7, 11) is 0. The summed E-state index contributed by atoms with van der Waals surface area (Å²) in [6, 6.07) is 0. The minimum Gasteiger partial charge on any atom is -0.391 e. The molecule has 0 aliphatic carbocycles. The van der Waals surface area contributed by atoms with E-state index in [1.807, 2.05) is 0 Å². The van der Waals surface area contributed by atoms with Crippen LogP contribution in [0.1, 0.15) is 6.42 Å². The largest absolute Gasteiger partial charge is 0.391 e. The lowest BCUT2D eigenvalue weighted by Crippen LogP contribution is -2.16. The van der Waals surface area contributed by atoms with Gasteiger partial charge in [-0.25, -0.2) is 8.78 Å². The second kappa shape index (κ2) is 2.58. The standard InChI is InChI=1S/C5H8F2O2/c6-5(7)4-1-3(8)2-9-4/h3-5,8H,1-2H2. The van der Waals surface area contributed by atoms with Crippen LogP contribution in [0.25, 0.3) is 0 Å². The molecule has 0 aromatic heterocycles. The summed E-state index contributed by atoms with van der Waals surface area (Å²) >= 11 is 0. The number of halogens is 2. The van der Waals surface area contributed by atoms with Gasteiger partial charge in [-0.1, -0.05) is 0 Å². The molecular formula is C5H8F2O2. The van der Waals surface area contributed by atoms with Crippen molar-refractivity contribution in [2.24, 2.45) is 0 Å². The summed E-state index contributed by atoms with van der Waals surface area (Å²) in [4.78, 5) is 0. The van der Waals surface area contributed by atoms with Crippen molar-refractivity contribution < 1.29 is 18.6 Å². The first-order chi connectivity index (χ1) is 4.20. The van der Waals surface area contributed by atoms with Gasteiger partial charge in [-0.15, -0.1) is 0 Å². The van der Waals surface area contributed by atoms with Crippen molar-refractivity contribution in [1.29, 1.82) is 0 Å². The Bertz CT molecular complexity index is 97.0. The van der Waals surface area contributed by atoms with E-state index in [1.165, 1.54) is 0 Å². The van der Waals surface area contributed by atoms with E-state index in [0.717, 1.165) is 0 Å². The van der Waals surface area contributed by atoms with E-state index < -0.39 is 18.6 Å². The van der Waals surface area contributed by atoms with E-state index in [-0.39, 0.29) is 13.0 Å². The highest BCUT2D eigenvalue weighted by atomic mass is 19.3. The summed E-state index contributed by atoms with van der Waals surface area (Å²) in [5.41, 5.74) is 0. The third-order valence-electron chi connectivity index (χ3n) is 1.29. The maximum Gasteiger partial charge on any atom is 0.264 e. The fourth-order valence-electron chi connectivity index (χ4n) is 0.815. The van der Waals surface area contributed by atoms with Gasteiger partial charge in [0.15, 0.2) is 0 Å². The average molecular weight is 138 g/mol. The molecule has 0 amide bonds. The fourth-order valence-corrected chi connectivity index (χ4v) is 0.815. The minimum atomic E-state index is -2.46. The number of aliphatic hydroxyl groups is 1. The van der Waals surface area contributed by atoms with Crippen LogP contribution in [0.4, 0.5) is 8.78 Å². The van der Waals surface area contributed by atoms with E-state index >= 15 is 0 Å². The number of hydrogen-bond donors (Lipinski definition) is 1. The first-order valence-electron chi connectivity index (χ1n) is 2.78. The lowest BCUT2D eigenvalue weighted by molar-refractivity contribution is -0.0230. The highest BCUT2D eigenvalue weighted by molar-refractivity contribution is 4.73. The van der Waals surface area contributed by atoms with Crippen molar-refractivity contribution in [3.63, 3.8) is 0 Å². The Balaban J connectivity index is 2.30. The molecule has 1 rings (SSSR count). The molecule has 2 nitrogen and oxygen atoms in total. The second-order valence-corrected chi connectivity index (χ2v) is 2.10. The maximum absolute atomic E-state index is 11.7. The van der Waals surface area contributed by atoms with Crippen molar-refractivity contribution in [3.8, 4) is 0 Å². The van der Waals surface area contributed by atoms with E-state index in [1.54, 1.807) is 0 Å². The molecule has 9 heavy (non-hydrogen) atoms.